The lowest BCUT2D eigenvalue weighted by molar-refractivity contribution is -0.124. The van der Waals surface area contributed by atoms with Gasteiger partial charge in [-0.2, -0.15) is 0 Å². The predicted molar refractivity (Wildman–Crippen MR) is 57.1 cm³/mol. The molecular formula is C12H21NO. The number of carbonyl (C=O) groups is 1. The van der Waals surface area contributed by atoms with Crippen molar-refractivity contribution in [3.05, 3.63) is 0 Å². The zero-order valence-corrected chi connectivity index (χ0v) is 9.49. The quantitative estimate of drug-likeness (QED) is 0.638. The highest BCUT2D eigenvalue weighted by Crippen LogP contribution is 2.38. The summed E-state index contributed by atoms with van der Waals surface area (Å²) < 4.78 is 0. The van der Waals surface area contributed by atoms with E-state index in [1.54, 1.807) is 6.92 Å². The van der Waals surface area contributed by atoms with Crippen molar-refractivity contribution in [3.63, 3.8) is 0 Å². The third-order valence-electron chi connectivity index (χ3n) is 4.19. The van der Waals surface area contributed by atoms with Crippen LogP contribution in [0.25, 0.3) is 0 Å². The molecule has 0 radical (unpaired) electrons. The van der Waals surface area contributed by atoms with E-state index in [2.05, 4.69) is 18.9 Å². The van der Waals surface area contributed by atoms with Crippen LogP contribution in [0.5, 0.6) is 0 Å². The highest BCUT2D eigenvalue weighted by molar-refractivity contribution is 5.78. The number of hydrogen-bond donors (Lipinski definition) is 0. The van der Waals surface area contributed by atoms with Gasteiger partial charge in [-0.05, 0) is 45.6 Å². The number of carbonyl (C=O) groups excluding carboxylic acids is 1. The van der Waals surface area contributed by atoms with Crippen molar-refractivity contribution < 1.29 is 4.79 Å². The lowest BCUT2D eigenvalue weighted by Crippen LogP contribution is -2.52. The number of rotatable bonds is 1. The summed E-state index contributed by atoms with van der Waals surface area (Å²) in [5, 5.41) is 0. The van der Waals surface area contributed by atoms with Crippen LogP contribution < -0.4 is 0 Å². The maximum atomic E-state index is 11.4. The third-order valence-corrected chi connectivity index (χ3v) is 4.19. The van der Waals surface area contributed by atoms with Gasteiger partial charge in [-0.15, -0.1) is 0 Å². The Balaban J connectivity index is 2.09. The molecule has 14 heavy (non-hydrogen) atoms. The summed E-state index contributed by atoms with van der Waals surface area (Å²) >= 11 is 0. The fourth-order valence-corrected chi connectivity index (χ4v) is 3.27. The van der Waals surface area contributed by atoms with E-state index in [4.69, 9.17) is 0 Å². The van der Waals surface area contributed by atoms with Crippen molar-refractivity contribution in [1.82, 2.24) is 4.90 Å². The molecule has 0 aromatic heterocycles. The van der Waals surface area contributed by atoms with Crippen LogP contribution in [0.3, 0.4) is 0 Å². The van der Waals surface area contributed by atoms with Gasteiger partial charge in [-0.25, -0.2) is 0 Å². The van der Waals surface area contributed by atoms with Crippen molar-refractivity contribution in [1.29, 1.82) is 0 Å². The largest absolute Gasteiger partial charge is 0.300 e. The number of nitrogens with zero attached hydrogens (tertiary/aromatic N) is 1. The van der Waals surface area contributed by atoms with Gasteiger partial charge in [0.25, 0.3) is 0 Å². The van der Waals surface area contributed by atoms with Crippen molar-refractivity contribution in [2.45, 2.75) is 51.6 Å². The monoisotopic (exact) mass is 195 g/mol. The van der Waals surface area contributed by atoms with E-state index in [0.29, 0.717) is 23.8 Å². The van der Waals surface area contributed by atoms with Crippen molar-refractivity contribution >= 4 is 5.78 Å². The van der Waals surface area contributed by atoms with Crippen LogP contribution in [-0.4, -0.2) is 29.8 Å². The molecule has 0 spiro atoms. The Bertz CT molecular complexity index is 222. The van der Waals surface area contributed by atoms with Crippen LogP contribution in [-0.2, 0) is 4.79 Å². The Morgan fingerprint density at radius 1 is 1.14 bits per heavy atom. The molecule has 0 aromatic rings. The van der Waals surface area contributed by atoms with E-state index in [9.17, 15) is 4.79 Å². The fraction of sp³-hybridized carbons (Fsp3) is 0.917. The second-order valence-corrected chi connectivity index (χ2v) is 5.33. The zero-order chi connectivity index (χ0) is 10.3. The fourth-order valence-electron chi connectivity index (χ4n) is 3.27. The molecule has 0 aliphatic carbocycles. The molecule has 2 aliphatic rings. The normalized spacial score (nSPS) is 43.6. The van der Waals surface area contributed by atoms with E-state index in [1.165, 1.54) is 12.8 Å². The number of ketones is 1. The second kappa shape index (κ2) is 3.65. The van der Waals surface area contributed by atoms with Gasteiger partial charge < -0.3 is 4.90 Å². The topological polar surface area (TPSA) is 20.3 Å². The molecule has 2 aliphatic heterocycles. The summed E-state index contributed by atoms with van der Waals surface area (Å²) in [7, 11) is 2.23. The summed E-state index contributed by atoms with van der Waals surface area (Å²) in [5.41, 5.74) is 0. The Kier molecular flexibility index (Phi) is 2.65. The van der Waals surface area contributed by atoms with Crippen molar-refractivity contribution in [3.8, 4) is 0 Å². The molecule has 2 saturated heterocycles. The number of piperidine rings is 2. The highest BCUT2D eigenvalue weighted by atomic mass is 16.1. The highest BCUT2D eigenvalue weighted by Gasteiger charge is 2.39. The first-order valence-corrected chi connectivity index (χ1v) is 5.80. The SMILES string of the molecule is CC(=O)C1CC2CC(C)CC(C1)N2C. The summed E-state index contributed by atoms with van der Waals surface area (Å²) in [5.74, 6) is 1.62. The molecule has 0 aromatic carbocycles. The molecule has 2 unspecified atom stereocenters. The first-order valence-electron chi connectivity index (χ1n) is 5.80. The molecule has 2 heteroatoms. The van der Waals surface area contributed by atoms with E-state index < -0.39 is 0 Å². The van der Waals surface area contributed by atoms with Crippen LogP contribution in [0.2, 0.25) is 0 Å². The molecule has 2 bridgehead atoms. The van der Waals surface area contributed by atoms with Gasteiger partial charge in [0.05, 0.1) is 0 Å². The number of fused-ring (bicyclic) bond motifs is 2. The van der Waals surface area contributed by atoms with E-state index in [-0.39, 0.29) is 0 Å². The van der Waals surface area contributed by atoms with Crippen molar-refractivity contribution in [2.24, 2.45) is 11.8 Å². The molecule has 2 nitrogen and oxygen atoms in total. The zero-order valence-electron chi connectivity index (χ0n) is 9.49. The average Bonchev–Trinajstić information content (AvgIpc) is 2.06. The van der Waals surface area contributed by atoms with Crippen LogP contribution >= 0.6 is 0 Å². The number of Topliss-reactive ketones (excluding diaryl/α,β-unsaturated/α-hetero) is 1. The minimum atomic E-state index is 0.355. The predicted octanol–water partition coefficient (Wildman–Crippen LogP) is 2.08. The Hall–Kier alpha value is -0.370. The summed E-state index contributed by atoms with van der Waals surface area (Å²) in [6.07, 6.45) is 4.78. The molecule has 0 saturated carbocycles. The van der Waals surface area contributed by atoms with E-state index >= 15 is 0 Å². The van der Waals surface area contributed by atoms with Crippen LogP contribution in [0.1, 0.15) is 39.5 Å². The Morgan fingerprint density at radius 3 is 2.07 bits per heavy atom. The van der Waals surface area contributed by atoms with Gasteiger partial charge in [-0.3, -0.25) is 4.79 Å². The Morgan fingerprint density at radius 2 is 1.64 bits per heavy atom. The third kappa shape index (κ3) is 1.72. The van der Waals surface area contributed by atoms with Gasteiger partial charge in [-0.1, -0.05) is 6.92 Å². The van der Waals surface area contributed by atoms with Gasteiger partial charge in [0, 0.05) is 18.0 Å². The summed E-state index contributed by atoms with van der Waals surface area (Å²) in [4.78, 5) is 13.9. The van der Waals surface area contributed by atoms with Crippen LogP contribution in [0, 0.1) is 11.8 Å². The minimum Gasteiger partial charge on any atom is -0.300 e. The lowest BCUT2D eigenvalue weighted by Gasteiger charge is -2.48. The van der Waals surface area contributed by atoms with Gasteiger partial charge >= 0.3 is 0 Å². The van der Waals surface area contributed by atoms with Gasteiger partial charge in [0.1, 0.15) is 5.78 Å². The molecule has 2 fully saturated rings. The first-order chi connectivity index (χ1) is 6.58. The smallest absolute Gasteiger partial charge is 0.133 e. The molecule has 0 N–H and O–H groups in total. The second-order valence-electron chi connectivity index (χ2n) is 5.33. The molecule has 2 heterocycles. The minimum absolute atomic E-state index is 0.355. The molecule has 2 rings (SSSR count). The summed E-state index contributed by atoms with van der Waals surface area (Å²) in [6.45, 7) is 4.11. The van der Waals surface area contributed by atoms with Crippen molar-refractivity contribution in [2.75, 3.05) is 7.05 Å². The van der Waals surface area contributed by atoms with Crippen LogP contribution in [0.15, 0.2) is 0 Å². The number of hydrogen-bond acceptors (Lipinski definition) is 2. The van der Waals surface area contributed by atoms with Gasteiger partial charge in [0.15, 0.2) is 0 Å². The van der Waals surface area contributed by atoms with Gasteiger partial charge in [0.2, 0.25) is 0 Å². The first kappa shape index (κ1) is 10.2. The standard InChI is InChI=1S/C12H21NO/c1-8-4-11-6-10(9(2)14)7-12(5-8)13(11)3/h8,10-12H,4-7H2,1-3H3. The lowest BCUT2D eigenvalue weighted by atomic mass is 9.74. The van der Waals surface area contributed by atoms with Crippen LogP contribution in [0.4, 0.5) is 0 Å². The maximum Gasteiger partial charge on any atom is 0.133 e. The molecular weight excluding hydrogens is 174 g/mol. The molecule has 80 valence electrons. The maximum absolute atomic E-state index is 11.4. The average molecular weight is 195 g/mol. The van der Waals surface area contributed by atoms with E-state index in [0.717, 1.165) is 18.8 Å². The summed E-state index contributed by atoms with van der Waals surface area (Å²) in [6, 6.07) is 1.35. The molecule has 0 amide bonds. The molecule has 2 atom stereocenters. The van der Waals surface area contributed by atoms with E-state index in [1.807, 2.05) is 0 Å². The Labute approximate surface area is 86.7 Å².